The van der Waals surface area contributed by atoms with Gasteiger partial charge in [-0.05, 0) is 50.8 Å². The van der Waals surface area contributed by atoms with Crippen LogP contribution in [0.5, 0.6) is 5.88 Å². The van der Waals surface area contributed by atoms with Crippen LogP contribution in [0.25, 0.3) is 22.4 Å². The van der Waals surface area contributed by atoms with Crippen molar-refractivity contribution < 1.29 is 9.84 Å². The molecule has 0 amide bonds. The molecule has 144 valence electrons. The van der Waals surface area contributed by atoms with E-state index in [0.29, 0.717) is 18.2 Å². The molecule has 0 aliphatic rings. The number of pyridine rings is 1. The third kappa shape index (κ3) is 3.54. The first kappa shape index (κ1) is 19.3. The molecule has 3 heterocycles. The van der Waals surface area contributed by atoms with Crippen LogP contribution in [-0.2, 0) is 0 Å². The van der Waals surface area contributed by atoms with Gasteiger partial charge in [0.25, 0.3) is 0 Å². The van der Waals surface area contributed by atoms with Gasteiger partial charge in [0.2, 0.25) is 5.88 Å². The molecule has 0 aromatic carbocycles. The molecule has 27 heavy (non-hydrogen) atoms. The van der Waals surface area contributed by atoms with Crippen molar-refractivity contribution in [2.24, 2.45) is 0 Å². The van der Waals surface area contributed by atoms with Crippen molar-refractivity contribution in [3.63, 3.8) is 0 Å². The Morgan fingerprint density at radius 2 is 1.85 bits per heavy atom. The van der Waals surface area contributed by atoms with Gasteiger partial charge in [0.15, 0.2) is 5.65 Å². The number of hydrogen-bond donors (Lipinski definition) is 1. The van der Waals surface area contributed by atoms with E-state index in [1.54, 1.807) is 7.11 Å². The summed E-state index contributed by atoms with van der Waals surface area (Å²) in [7, 11) is 1.63. The van der Waals surface area contributed by atoms with Gasteiger partial charge >= 0.3 is 0 Å². The number of nitrogens with zero attached hydrogens (tertiary/aromatic N) is 4. The van der Waals surface area contributed by atoms with Crippen LogP contribution >= 0.6 is 0 Å². The third-order valence-corrected chi connectivity index (χ3v) is 4.95. The summed E-state index contributed by atoms with van der Waals surface area (Å²) in [4.78, 5) is 14.4. The summed E-state index contributed by atoms with van der Waals surface area (Å²) in [6.45, 7) is 10.4. The molecule has 3 aromatic heterocycles. The fourth-order valence-corrected chi connectivity index (χ4v) is 3.31. The summed E-state index contributed by atoms with van der Waals surface area (Å²) in [5.74, 6) is 0.899. The molecule has 0 bridgehead atoms. The minimum absolute atomic E-state index is 0.148. The lowest BCUT2D eigenvalue weighted by molar-refractivity contribution is 0.264. The molecule has 0 saturated carbocycles. The van der Waals surface area contributed by atoms with Crippen molar-refractivity contribution in [1.29, 1.82) is 0 Å². The van der Waals surface area contributed by atoms with Gasteiger partial charge in [-0.1, -0.05) is 13.8 Å². The van der Waals surface area contributed by atoms with Crippen molar-refractivity contribution in [3.05, 3.63) is 35.3 Å². The molecule has 1 atom stereocenters. The second-order valence-corrected chi connectivity index (χ2v) is 7.36. The minimum atomic E-state index is 0.148. The van der Waals surface area contributed by atoms with Crippen LogP contribution < -0.4 is 4.74 Å². The fraction of sp³-hybridized carbons (Fsp3) is 0.476. The maximum Gasteiger partial charge on any atom is 0.222 e. The Labute approximate surface area is 160 Å². The van der Waals surface area contributed by atoms with Crippen LogP contribution in [-0.4, -0.2) is 38.3 Å². The number of aromatic nitrogens is 4. The smallest absolute Gasteiger partial charge is 0.222 e. The van der Waals surface area contributed by atoms with Crippen LogP contribution in [0, 0.1) is 13.8 Å². The molecule has 0 unspecified atom stereocenters. The molecule has 1 N–H and O–H groups in total. The van der Waals surface area contributed by atoms with E-state index in [0.717, 1.165) is 39.4 Å². The number of rotatable bonds is 6. The van der Waals surface area contributed by atoms with Crippen molar-refractivity contribution in [1.82, 2.24) is 19.5 Å². The van der Waals surface area contributed by atoms with Crippen molar-refractivity contribution in [2.75, 3.05) is 13.7 Å². The van der Waals surface area contributed by atoms with Crippen molar-refractivity contribution in [3.8, 4) is 17.1 Å². The van der Waals surface area contributed by atoms with Gasteiger partial charge in [-0.25, -0.2) is 15.0 Å². The topological polar surface area (TPSA) is 73.1 Å². The first-order valence-corrected chi connectivity index (χ1v) is 9.39. The lowest BCUT2D eigenvalue weighted by atomic mass is 10.1. The number of methoxy groups -OCH3 is 1. The average Bonchev–Trinajstić information content (AvgIpc) is 2.96. The summed E-state index contributed by atoms with van der Waals surface area (Å²) < 4.78 is 7.65. The molecule has 0 aliphatic carbocycles. The van der Waals surface area contributed by atoms with Gasteiger partial charge in [0.05, 0.1) is 24.1 Å². The normalized spacial score (nSPS) is 12.7. The summed E-state index contributed by atoms with van der Waals surface area (Å²) in [6, 6.07) is 4.20. The highest BCUT2D eigenvalue weighted by molar-refractivity contribution is 5.80. The van der Waals surface area contributed by atoms with E-state index in [1.807, 2.05) is 26.0 Å². The molecule has 6 nitrogen and oxygen atoms in total. The quantitative estimate of drug-likeness (QED) is 0.706. The largest absolute Gasteiger partial charge is 0.480 e. The molecule has 0 spiro atoms. The SMILES string of the molecule is COc1nc(C(C)C)ccc1-c1nc2c(C)cn([C@H](C)CCO)c2nc1C. The Balaban J connectivity index is 2.17. The number of aliphatic hydroxyl groups is 1. The third-order valence-electron chi connectivity index (χ3n) is 4.95. The maximum atomic E-state index is 9.27. The van der Waals surface area contributed by atoms with Gasteiger partial charge < -0.3 is 14.4 Å². The van der Waals surface area contributed by atoms with E-state index in [1.165, 1.54) is 0 Å². The second kappa shape index (κ2) is 7.64. The van der Waals surface area contributed by atoms with E-state index in [4.69, 9.17) is 14.7 Å². The minimum Gasteiger partial charge on any atom is -0.480 e. The lowest BCUT2D eigenvalue weighted by Crippen LogP contribution is -2.07. The maximum absolute atomic E-state index is 9.27. The zero-order valence-corrected chi connectivity index (χ0v) is 16.9. The number of ether oxygens (including phenoxy) is 1. The first-order valence-electron chi connectivity index (χ1n) is 9.39. The predicted octanol–water partition coefficient (Wildman–Crippen LogP) is 4.19. The Bertz CT molecular complexity index is 962. The van der Waals surface area contributed by atoms with E-state index in [9.17, 15) is 5.11 Å². The van der Waals surface area contributed by atoms with Gasteiger partial charge in [-0.3, -0.25) is 0 Å². The van der Waals surface area contributed by atoms with Crippen LogP contribution in [0.2, 0.25) is 0 Å². The highest BCUT2D eigenvalue weighted by atomic mass is 16.5. The standard InChI is InChI=1S/C21H28N4O2/c1-12(2)17-8-7-16(21(23-17)27-6)19-15(5)22-20-18(24-19)13(3)11-25(20)14(4)9-10-26/h7-8,11-12,14,26H,9-10H2,1-6H3/t14-/m1/s1. The molecular formula is C21H28N4O2. The van der Waals surface area contributed by atoms with Crippen LogP contribution in [0.15, 0.2) is 18.3 Å². The average molecular weight is 368 g/mol. The Morgan fingerprint density at radius 1 is 1.11 bits per heavy atom. The summed E-state index contributed by atoms with van der Waals surface area (Å²) >= 11 is 0. The zero-order valence-electron chi connectivity index (χ0n) is 16.9. The van der Waals surface area contributed by atoms with Crippen molar-refractivity contribution >= 4 is 11.2 Å². The molecular weight excluding hydrogens is 340 g/mol. The molecule has 3 aromatic rings. The second-order valence-electron chi connectivity index (χ2n) is 7.36. The molecule has 0 fully saturated rings. The van der Waals surface area contributed by atoms with Gasteiger partial charge in [0.1, 0.15) is 5.52 Å². The number of hydrogen-bond acceptors (Lipinski definition) is 5. The van der Waals surface area contributed by atoms with Gasteiger partial charge in [0, 0.05) is 24.5 Å². The molecule has 0 radical (unpaired) electrons. The van der Waals surface area contributed by atoms with E-state index in [-0.39, 0.29) is 12.6 Å². The summed E-state index contributed by atoms with van der Waals surface area (Å²) in [6.07, 6.45) is 2.74. The number of fused-ring (bicyclic) bond motifs is 1. The molecule has 6 heteroatoms. The van der Waals surface area contributed by atoms with Gasteiger partial charge in [-0.2, -0.15) is 0 Å². The predicted molar refractivity (Wildman–Crippen MR) is 107 cm³/mol. The molecule has 0 aliphatic heterocycles. The van der Waals surface area contributed by atoms with E-state index < -0.39 is 0 Å². The summed E-state index contributed by atoms with van der Waals surface area (Å²) in [5.41, 5.74) is 6.24. The summed E-state index contributed by atoms with van der Waals surface area (Å²) in [5, 5.41) is 9.27. The van der Waals surface area contributed by atoms with Crippen LogP contribution in [0.3, 0.4) is 0 Å². The highest BCUT2D eigenvalue weighted by Crippen LogP contribution is 2.33. The van der Waals surface area contributed by atoms with E-state index in [2.05, 4.69) is 36.5 Å². The number of aliphatic hydroxyl groups excluding tert-OH is 1. The fourth-order valence-electron chi connectivity index (χ4n) is 3.31. The van der Waals surface area contributed by atoms with Crippen LogP contribution in [0.4, 0.5) is 0 Å². The zero-order chi connectivity index (χ0) is 19.7. The lowest BCUT2D eigenvalue weighted by Gasteiger charge is -2.15. The molecule has 3 rings (SSSR count). The highest BCUT2D eigenvalue weighted by Gasteiger charge is 2.19. The van der Waals surface area contributed by atoms with Gasteiger partial charge in [-0.15, -0.1) is 0 Å². The van der Waals surface area contributed by atoms with Crippen LogP contribution in [0.1, 0.15) is 56.1 Å². The Morgan fingerprint density at radius 3 is 2.48 bits per heavy atom. The van der Waals surface area contributed by atoms with Crippen molar-refractivity contribution in [2.45, 2.75) is 53.0 Å². The Hall–Kier alpha value is -2.47. The Kier molecular flexibility index (Phi) is 5.46. The first-order chi connectivity index (χ1) is 12.9. The molecule has 0 saturated heterocycles. The number of aryl methyl sites for hydroxylation is 2. The monoisotopic (exact) mass is 368 g/mol. The van der Waals surface area contributed by atoms with E-state index >= 15 is 0 Å².